The number of benzene rings is 2. The van der Waals surface area contributed by atoms with Gasteiger partial charge in [0.1, 0.15) is 16.9 Å². The van der Waals surface area contributed by atoms with Crippen LogP contribution in [0.2, 0.25) is 5.02 Å². The van der Waals surface area contributed by atoms with Crippen LogP contribution in [0.3, 0.4) is 0 Å². The minimum atomic E-state index is -0.473. The molecule has 0 saturated carbocycles. The zero-order valence-corrected chi connectivity index (χ0v) is 12.7. The van der Waals surface area contributed by atoms with Crippen molar-refractivity contribution in [3.8, 4) is 0 Å². The van der Waals surface area contributed by atoms with Gasteiger partial charge >= 0.3 is 0 Å². The summed E-state index contributed by atoms with van der Waals surface area (Å²) < 4.78 is 22.0. The minimum Gasteiger partial charge on any atom is -0.326 e. The van der Waals surface area contributed by atoms with E-state index in [1.54, 1.807) is 12.1 Å². The quantitative estimate of drug-likeness (QED) is 0.733. The molecule has 1 N–H and O–H groups in total. The fraction of sp³-hybridized carbons (Fsp3) is 0.133. The van der Waals surface area contributed by atoms with Crippen molar-refractivity contribution in [3.63, 3.8) is 0 Å². The fourth-order valence-electron chi connectivity index (χ4n) is 2.84. The number of carbonyl (C=O) groups is 1. The normalized spacial score (nSPS) is 17.4. The Bertz CT molecular complexity index is 911. The highest BCUT2D eigenvalue weighted by Crippen LogP contribution is 2.41. The highest BCUT2D eigenvalue weighted by Gasteiger charge is 2.30. The smallest absolute Gasteiger partial charge is 0.225 e. The Balaban J connectivity index is 1.95. The number of hydrogen-bond acceptors (Lipinski definition) is 4. The molecule has 0 bridgehead atoms. The number of nitrogens with zero attached hydrogens (tertiary/aromatic N) is 2. The van der Waals surface area contributed by atoms with Gasteiger partial charge in [-0.05, 0) is 29.8 Å². The topological polar surface area (TPSA) is 54.9 Å². The third kappa shape index (κ3) is 2.07. The lowest BCUT2D eigenvalue weighted by atomic mass is 9.84. The van der Waals surface area contributed by atoms with Gasteiger partial charge in [0.05, 0.1) is 16.8 Å². The SMILES string of the molecule is O=C1CC(c2ccc(F)c(Cl)c2)c2c(ccc3nsnc23)N1. The lowest BCUT2D eigenvalue weighted by molar-refractivity contribution is -0.116. The first-order chi connectivity index (χ1) is 10.6. The first-order valence-corrected chi connectivity index (χ1v) is 7.74. The number of hydrogen-bond donors (Lipinski definition) is 1. The van der Waals surface area contributed by atoms with Crippen LogP contribution in [0.5, 0.6) is 0 Å². The Kier molecular flexibility index (Phi) is 3.09. The van der Waals surface area contributed by atoms with Gasteiger partial charge in [-0.1, -0.05) is 17.7 Å². The van der Waals surface area contributed by atoms with Gasteiger partial charge in [-0.3, -0.25) is 4.79 Å². The maximum atomic E-state index is 13.4. The number of amides is 1. The van der Waals surface area contributed by atoms with Crippen molar-refractivity contribution in [2.24, 2.45) is 0 Å². The maximum absolute atomic E-state index is 13.4. The number of halogens is 2. The highest BCUT2D eigenvalue weighted by molar-refractivity contribution is 7.00. The molecular formula is C15H9ClFN3OS. The molecule has 1 aliphatic heterocycles. The molecule has 0 saturated heterocycles. The zero-order chi connectivity index (χ0) is 15.3. The van der Waals surface area contributed by atoms with Crippen LogP contribution in [0, 0.1) is 5.82 Å². The first kappa shape index (κ1) is 13.6. The van der Waals surface area contributed by atoms with E-state index in [1.807, 2.05) is 12.1 Å². The third-order valence-electron chi connectivity index (χ3n) is 3.83. The molecule has 0 radical (unpaired) electrons. The molecule has 110 valence electrons. The molecule has 0 fully saturated rings. The van der Waals surface area contributed by atoms with E-state index in [1.165, 1.54) is 6.07 Å². The van der Waals surface area contributed by atoms with Crippen molar-refractivity contribution in [2.45, 2.75) is 12.3 Å². The summed E-state index contributed by atoms with van der Waals surface area (Å²) in [6, 6.07) is 8.21. The molecule has 1 amide bonds. The average molecular weight is 334 g/mol. The predicted molar refractivity (Wildman–Crippen MR) is 83.9 cm³/mol. The van der Waals surface area contributed by atoms with Crippen molar-refractivity contribution >= 4 is 46.0 Å². The van der Waals surface area contributed by atoms with E-state index in [-0.39, 0.29) is 23.3 Å². The van der Waals surface area contributed by atoms with Crippen LogP contribution in [0.15, 0.2) is 30.3 Å². The molecule has 4 nitrogen and oxygen atoms in total. The Morgan fingerprint density at radius 1 is 1.27 bits per heavy atom. The lowest BCUT2D eigenvalue weighted by Gasteiger charge is -2.26. The number of anilines is 1. The molecule has 7 heteroatoms. The van der Waals surface area contributed by atoms with Crippen LogP contribution in [0.4, 0.5) is 10.1 Å². The highest BCUT2D eigenvalue weighted by atomic mass is 35.5. The summed E-state index contributed by atoms with van der Waals surface area (Å²) in [7, 11) is 0. The summed E-state index contributed by atoms with van der Waals surface area (Å²) in [6.07, 6.45) is 0.269. The molecule has 3 aromatic rings. The number of carbonyl (C=O) groups excluding carboxylic acids is 1. The summed E-state index contributed by atoms with van der Waals surface area (Å²) in [5, 5.41) is 2.91. The van der Waals surface area contributed by atoms with E-state index in [2.05, 4.69) is 14.1 Å². The fourth-order valence-corrected chi connectivity index (χ4v) is 3.57. The van der Waals surface area contributed by atoms with E-state index in [4.69, 9.17) is 11.6 Å². The van der Waals surface area contributed by atoms with Crippen LogP contribution < -0.4 is 5.32 Å². The van der Waals surface area contributed by atoms with E-state index < -0.39 is 5.82 Å². The largest absolute Gasteiger partial charge is 0.326 e. The summed E-state index contributed by atoms with van der Waals surface area (Å²) >= 11 is 7.02. The summed E-state index contributed by atoms with van der Waals surface area (Å²) in [6.45, 7) is 0. The summed E-state index contributed by atoms with van der Waals surface area (Å²) in [4.78, 5) is 12.0. The number of aromatic nitrogens is 2. The van der Waals surface area contributed by atoms with Gasteiger partial charge < -0.3 is 5.32 Å². The van der Waals surface area contributed by atoms with Gasteiger partial charge in [-0.15, -0.1) is 0 Å². The van der Waals surface area contributed by atoms with Crippen molar-refractivity contribution in [1.82, 2.24) is 8.75 Å². The Morgan fingerprint density at radius 2 is 2.14 bits per heavy atom. The second-order valence-corrected chi connectivity index (χ2v) is 6.07. The van der Waals surface area contributed by atoms with E-state index in [0.717, 1.165) is 39.6 Å². The molecule has 0 spiro atoms. The molecule has 22 heavy (non-hydrogen) atoms. The molecule has 1 unspecified atom stereocenters. The van der Waals surface area contributed by atoms with Crippen LogP contribution in [0.1, 0.15) is 23.5 Å². The number of nitrogens with one attached hydrogen (secondary N) is 1. The predicted octanol–water partition coefficient (Wildman–Crippen LogP) is 3.96. The van der Waals surface area contributed by atoms with Gasteiger partial charge in [0, 0.05) is 23.6 Å². The van der Waals surface area contributed by atoms with Gasteiger partial charge in [0.25, 0.3) is 0 Å². The van der Waals surface area contributed by atoms with Crippen molar-refractivity contribution in [3.05, 3.63) is 52.3 Å². The molecule has 2 heterocycles. The van der Waals surface area contributed by atoms with Crippen LogP contribution >= 0.6 is 23.3 Å². The molecule has 1 aliphatic rings. The second kappa shape index (κ2) is 5.00. The van der Waals surface area contributed by atoms with Gasteiger partial charge in [-0.2, -0.15) is 8.75 Å². The number of fused-ring (bicyclic) bond motifs is 3. The monoisotopic (exact) mass is 333 g/mol. The van der Waals surface area contributed by atoms with Gasteiger partial charge in [0.2, 0.25) is 5.91 Å². The maximum Gasteiger partial charge on any atom is 0.225 e. The van der Waals surface area contributed by atoms with Crippen molar-refractivity contribution in [2.75, 3.05) is 5.32 Å². The van der Waals surface area contributed by atoms with Crippen LogP contribution in [-0.4, -0.2) is 14.7 Å². The summed E-state index contributed by atoms with van der Waals surface area (Å²) in [5.41, 5.74) is 3.99. The Morgan fingerprint density at radius 3 is 2.95 bits per heavy atom. The molecule has 4 rings (SSSR count). The third-order valence-corrected chi connectivity index (χ3v) is 4.66. The standard InChI is InChI=1S/C15H9ClFN3OS/c16-9-5-7(1-2-10(9)17)8-6-13(21)18-11-3-4-12-15(14(8)11)20-22-19-12/h1-5,8H,6H2,(H,18,21). The lowest BCUT2D eigenvalue weighted by Crippen LogP contribution is -2.23. The van der Waals surface area contributed by atoms with Crippen LogP contribution in [0.25, 0.3) is 11.0 Å². The molecular weight excluding hydrogens is 325 g/mol. The van der Waals surface area contributed by atoms with E-state index >= 15 is 0 Å². The molecule has 2 aromatic carbocycles. The zero-order valence-electron chi connectivity index (χ0n) is 11.1. The average Bonchev–Trinajstić information content (AvgIpc) is 2.97. The first-order valence-electron chi connectivity index (χ1n) is 6.63. The molecule has 0 aliphatic carbocycles. The summed E-state index contributed by atoms with van der Waals surface area (Å²) in [5.74, 6) is -0.769. The minimum absolute atomic E-state index is 0.0496. The Hall–Kier alpha value is -2.05. The number of rotatable bonds is 1. The molecule has 1 aromatic heterocycles. The van der Waals surface area contributed by atoms with Crippen molar-refractivity contribution < 1.29 is 9.18 Å². The van der Waals surface area contributed by atoms with Gasteiger partial charge in [0.15, 0.2) is 0 Å². The van der Waals surface area contributed by atoms with Gasteiger partial charge in [-0.25, -0.2) is 4.39 Å². The Labute approximate surface area is 134 Å². The van der Waals surface area contributed by atoms with Crippen molar-refractivity contribution in [1.29, 1.82) is 0 Å². The second-order valence-electron chi connectivity index (χ2n) is 5.14. The van der Waals surface area contributed by atoms with Crippen LogP contribution in [-0.2, 0) is 4.79 Å². The van der Waals surface area contributed by atoms with E-state index in [9.17, 15) is 9.18 Å². The van der Waals surface area contributed by atoms with E-state index in [0.29, 0.717) is 0 Å². The molecule has 1 atom stereocenters.